The number of nitrogens with zero attached hydrogens (tertiary/aromatic N) is 7. The van der Waals surface area contributed by atoms with E-state index >= 15 is 0 Å². The van der Waals surface area contributed by atoms with Gasteiger partial charge in [0.15, 0.2) is 5.52 Å². The molecular formula is C25H27N7O3. The highest BCUT2D eigenvalue weighted by molar-refractivity contribution is 5.92. The van der Waals surface area contributed by atoms with E-state index in [-0.39, 0.29) is 18.6 Å². The van der Waals surface area contributed by atoms with E-state index in [2.05, 4.69) is 15.0 Å². The Morgan fingerprint density at radius 1 is 1.17 bits per heavy atom. The molecule has 3 aromatic heterocycles. The third kappa shape index (κ3) is 4.92. The molecular weight excluding hydrogens is 446 g/mol. The zero-order chi connectivity index (χ0) is 24.4. The van der Waals surface area contributed by atoms with Crippen LogP contribution in [0.4, 0.5) is 5.69 Å². The first-order chi connectivity index (χ1) is 17.0. The van der Waals surface area contributed by atoms with E-state index in [1.54, 1.807) is 34.4 Å². The Labute approximate surface area is 203 Å². The molecule has 180 valence electrons. The lowest BCUT2D eigenvalue weighted by atomic mass is 10.1. The highest BCUT2D eigenvalue weighted by atomic mass is 16.5. The minimum Gasteiger partial charge on any atom is -0.473 e. The number of amides is 1. The predicted octanol–water partition coefficient (Wildman–Crippen LogP) is 2.41. The summed E-state index contributed by atoms with van der Waals surface area (Å²) in [7, 11) is 5.84. The summed E-state index contributed by atoms with van der Waals surface area (Å²) < 4.78 is 13.7. The standard InChI is InChI=1S/C25H27N7O3/c1-30(2)18-6-4-17(5-7-18)20-12-21-23(27-9-8-26-21)24(29-20)35-15-19-13-32(10-11-34-19)25(33)22-14-31(3)16-28-22/h4-9,12,14,16,19H,10-11,13,15H2,1-3H3/t19-/m0/s1. The summed E-state index contributed by atoms with van der Waals surface area (Å²) in [5.74, 6) is 0.274. The number of anilines is 1. The highest BCUT2D eigenvalue weighted by Gasteiger charge is 2.27. The summed E-state index contributed by atoms with van der Waals surface area (Å²) in [6.07, 6.45) is 6.30. The van der Waals surface area contributed by atoms with Crippen molar-refractivity contribution in [1.82, 2.24) is 29.4 Å². The van der Waals surface area contributed by atoms with E-state index in [1.807, 2.05) is 56.4 Å². The van der Waals surface area contributed by atoms with Gasteiger partial charge in [0.2, 0.25) is 5.88 Å². The molecule has 35 heavy (non-hydrogen) atoms. The predicted molar refractivity (Wildman–Crippen MR) is 131 cm³/mol. The Morgan fingerprint density at radius 2 is 1.97 bits per heavy atom. The van der Waals surface area contributed by atoms with Crippen LogP contribution in [-0.2, 0) is 11.8 Å². The molecule has 5 rings (SSSR count). The van der Waals surface area contributed by atoms with E-state index in [9.17, 15) is 4.79 Å². The molecule has 0 N–H and O–H groups in total. The van der Waals surface area contributed by atoms with Gasteiger partial charge in [-0.1, -0.05) is 12.1 Å². The molecule has 0 unspecified atom stereocenters. The maximum atomic E-state index is 12.8. The Balaban J connectivity index is 1.34. The molecule has 10 nitrogen and oxygen atoms in total. The van der Waals surface area contributed by atoms with Crippen molar-refractivity contribution in [3.05, 3.63) is 60.9 Å². The van der Waals surface area contributed by atoms with Gasteiger partial charge in [-0.25, -0.2) is 15.0 Å². The van der Waals surface area contributed by atoms with Gasteiger partial charge < -0.3 is 23.8 Å². The normalized spacial score (nSPS) is 15.9. The molecule has 0 spiro atoms. The van der Waals surface area contributed by atoms with Crippen LogP contribution < -0.4 is 9.64 Å². The lowest BCUT2D eigenvalue weighted by molar-refractivity contribution is -0.0406. The molecule has 0 saturated carbocycles. The van der Waals surface area contributed by atoms with Crippen molar-refractivity contribution in [3.63, 3.8) is 0 Å². The smallest absolute Gasteiger partial charge is 0.274 e. The first-order valence-corrected chi connectivity index (χ1v) is 11.4. The van der Waals surface area contributed by atoms with Gasteiger partial charge in [0.05, 0.1) is 30.7 Å². The van der Waals surface area contributed by atoms with Crippen molar-refractivity contribution < 1.29 is 14.3 Å². The maximum Gasteiger partial charge on any atom is 0.274 e. The van der Waals surface area contributed by atoms with Crippen LogP contribution in [-0.4, -0.2) is 81.8 Å². The van der Waals surface area contributed by atoms with Crippen molar-refractivity contribution >= 4 is 22.6 Å². The average Bonchev–Trinajstić information content (AvgIpc) is 3.33. The van der Waals surface area contributed by atoms with Gasteiger partial charge in [0.1, 0.15) is 18.4 Å². The fourth-order valence-corrected chi connectivity index (χ4v) is 3.98. The molecule has 1 fully saturated rings. The van der Waals surface area contributed by atoms with Gasteiger partial charge >= 0.3 is 0 Å². The zero-order valence-electron chi connectivity index (χ0n) is 20.0. The van der Waals surface area contributed by atoms with E-state index in [0.29, 0.717) is 42.3 Å². The molecule has 10 heteroatoms. The number of imidazole rings is 1. The number of hydrogen-bond donors (Lipinski definition) is 0. The van der Waals surface area contributed by atoms with Crippen LogP contribution in [0.25, 0.3) is 22.3 Å². The molecule has 1 amide bonds. The number of fused-ring (bicyclic) bond motifs is 1. The summed E-state index contributed by atoms with van der Waals surface area (Å²) in [5.41, 5.74) is 4.50. The van der Waals surface area contributed by atoms with Crippen LogP contribution in [0.15, 0.2) is 55.2 Å². The number of morpholine rings is 1. The van der Waals surface area contributed by atoms with Crippen LogP contribution in [0.3, 0.4) is 0 Å². The lowest BCUT2D eigenvalue weighted by Gasteiger charge is -2.32. The number of carbonyl (C=O) groups excluding carboxylic acids is 1. The highest BCUT2D eigenvalue weighted by Crippen LogP contribution is 2.28. The van der Waals surface area contributed by atoms with Gasteiger partial charge in [0.25, 0.3) is 5.91 Å². The average molecular weight is 474 g/mol. The molecule has 4 heterocycles. The van der Waals surface area contributed by atoms with Crippen molar-refractivity contribution in [2.24, 2.45) is 7.05 Å². The quantitative estimate of drug-likeness (QED) is 0.421. The number of benzene rings is 1. The van der Waals surface area contributed by atoms with Crippen LogP contribution >= 0.6 is 0 Å². The Morgan fingerprint density at radius 3 is 2.71 bits per heavy atom. The van der Waals surface area contributed by atoms with Gasteiger partial charge in [0, 0.05) is 57.5 Å². The minimum absolute atomic E-state index is 0.114. The fraction of sp³-hybridized carbons (Fsp3) is 0.320. The first-order valence-electron chi connectivity index (χ1n) is 11.4. The first kappa shape index (κ1) is 22.7. The van der Waals surface area contributed by atoms with Crippen LogP contribution in [0.1, 0.15) is 10.5 Å². The second-order valence-corrected chi connectivity index (χ2v) is 8.66. The number of rotatable bonds is 6. The van der Waals surface area contributed by atoms with Gasteiger partial charge in [-0.15, -0.1) is 0 Å². The van der Waals surface area contributed by atoms with Crippen molar-refractivity contribution in [3.8, 4) is 17.1 Å². The third-order valence-corrected chi connectivity index (χ3v) is 5.86. The number of aromatic nitrogens is 5. The SMILES string of the molecule is CN(C)c1ccc(-c2cc3nccnc3c(OC[C@@H]3CN(C(=O)c4cn(C)cn4)CCO3)n2)cc1. The number of carbonyl (C=O) groups is 1. The molecule has 1 atom stereocenters. The molecule has 1 aliphatic rings. The largest absolute Gasteiger partial charge is 0.473 e. The van der Waals surface area contributed by atoms with Crippen LogP contribution in [0.2, 0.25) is 0 Å². The molecule has 1 aromatic carbocycles. The van der Waals surface area contributed by atoms with E-state index in [0.717, 1.165) is 16.9 Å². The number of aryl methyl sites for hydroxylation is 1. The molecule has 1 saturated heterocycles. The van der Waals surface area contributed by atoms with Crippen LogP contribution in [0.5, 0.6) is 5.88 Å². The topological polar surface area (TPSA) is 98.5 Å². The van der Waals surface area contributed by atoms with Crippen molar-refractivity contribution in [2.45, 2.75) is 6.10 Å². The fourth-order valence-electron chi connectivity index (χ4n) is 3.98. The van der Waals surface area contributed by atoms with Crippen molar-refractivity contribution in [1.29, 1.82) is 0 Å². The monoisotopic (exact) mass is 473 g/mol. The summed E-state index contributed by atoms with van der Waals surface area (Å²) in [5, 5.41) is 0. The second kappa shape index (κ2) is 9.67. The maximum absolute atomic E-state index is 12.8. The van der Waals surface area contributed by atoms with Crippen molar-refractivity contribution in [2.75, 3.05) is 45.3 Å². The molecule has 0 radical (unpaired) electrons. The number of ether oxygens (including phenoxy) is 2. The van der Waals surface area contributed by atoms with Gasteiger partial charge in [-0.05, 0) is 18.2 Å². The second-order valence-electron chi connectivity index (χ2n) is 8.66. The van der Waals surface area contributed by atoms with Gasteiger partial charge in [-0.3, -0.25) is 9.78 Å². The minimum atomic E-state index is -0.298. The molecule has 0 bridgehead atoms. The Hall–Kier alpha value is -4.05. The summed E-state index contributed by atoms with van der Waals surface area (Å²) in [6, 6.07) is 10.0. The van der Waals surface area contributed by atoms with E-state index in [1.165, 1.54) is 0 Å². The van der Waals surface area contributed by atoms with E-state index < -0.39 is 0 Å². The van der Waals surface area contributed by atoms with Gasteiger partial charge in [-0.2, -0.15) is 0 Å². The number of pyridine rings is 1. The van der Waals surface area contributed by atoms with E-state index in [4.69, 9.17) is 14.5 Å². The van der Waals surface area contributed by atoms with Crippen LogP contribution in [0, 0.1) is 0 Å². The Bertz CT molecular complexity index is 1340. The number of hydrogen-bond acceptors (Lipinski definition) is 8. The lowest BCUT2D eigenvalue weighted by Crippen LogP contribution is -2.47. The summed E-state index contributed by atoms with van der Waals surface area (Å²) in [6.45, 7) is 1.58. The third-order valence-electron chi connectivity index (χ3n) is 5.86. The molecule has 0 aliphatic carbocycles. The summed E-state index contributed by atoms with van der Waals surface area (Å²) >= 11 is 0. The molecule has 4 aromatic rings. The Kier molecular flexibility index (Phi) is 6.28. The summed E-state index contributed by atoms with van der Waals surface area (Å²) in [4.78, 5) is 34.4. The zero-order valence-corrected chi connectivity index (χ0v) is 20.0. The molecule has 1 aliphatic heterocycles.